The standard InChI is InChI=1S/C15H17NO3/c1-15(19,14(17)18)9-8-12-4-6-13(7-5-12)16-10-2-3-11-16/h2-7,10-11,19H,8-9H2,1H3,(H,17,18). The first-order chi connectivity index (χ1) is 8.99. The molecule has 0 aliphatic carbocycles. The average Bonchev–Trinajstić information content (AvgIpc) is 2.91. The summed E-state index contributed by atoms with van der Waals surface area (Å²) in [5.41, 5.74) is 0.398. The Morgan fingerprint density at radius 3 is 2.32 bits per heavy atom. The van der Waals surface area contributed by atoms with Crippen molar-refractivity contribution in [1.29, 1.82) is 0 Å². The molecule has 4 nitrogen and oxygen atoms in total. The van der Waals surface area contributed by atoms with Crippen LogP contribution in [-0.2, 0) is 11.2 Å². The zero-order valence-corrected chi connectivity index (χ0v) is 10.8. The van der Waals surface area contributed by atoms with Crippen molar-refractivity contribution in [2.75, 3.05) is 0 Å². The number of aryl methyl sites for hydroxylation is 1. The van der Waals surface area contributed by atoms with Gasteiger partial charge in [-0.05, 0) is 49.6 Å². The SMILES string of the molecule is CC(O)(CCc1ccc(-n2cccc2)cc1)C(=O)O. The maximum Gasteiger partial charge on any atom is 0.335 e. The number of carboxylic acid groups (broad SMARTS) is 1. The maximum absolute atomic E-state index is 10.8. The number of hydrogen-bond acceptors (Lipinski definition) is 2. The molecule has 0 bridgehead atoms. The van der Waals surface area contributed by atoms with Gasteiger partial charge in [-0.15, -0.1) is 0 Å². The zero-order valence-electron chi connectivity index (χ0n) is 10.8. The Morgan fingerprint density at radius 2 is 1.79 bits per heavy atom. The lowest BCUT2D eigenvalue weighted by molar-refractivity contribution is -0.157. The van der Waals surface area contributed by atoms with E-state index in [0.29, 0.717) is 6.42 Å². The highest BCUT2D eigenvalue weighted by Crippen LogP contribution is 2.16. The monoisotopic (exact) mass is 259 g/mol. The van der Waals surface area contributed by atoms with Crippen LogP contribution in [0.15, 0.2) is 48.8 Å². The van der Waals surface area contributed by atoms with Crippen LogP contribution in [0.2, 0.25) is 0 Å². The third-order valence-corrected chi connectivity index (χ3v) is 3.20. The van der Waals surface area contributed by atoms with Crippen molar-refractivity contribution in [2.24, 2.45) is 0 Å². The van der Waals surface area contributed by atoms with Crippen molar-refractivity contribution in [2.45, 2.75) is 25.4 Å². The average molecular weight is 259 g/mol. The Balaban J connectivity index is 2.02. The van der Waals surface area contributed by atoms with E-state index in [2.05, 4.69) is 0 Å². The van der Waals surface area contributed by atoms with Crippen LogP contribution in [0.3, 0.4) is 0 Å². The van der Waals surface area contributed by atoms with E-state index in [1.165, 1.54) is 6.92 Å². The number of carbonyl (C=O) groups is 1. The number of carboxylic acids is 1. The molecule has 1 atom stereocenters. The predicted octanol–water partition coefficient (Wildman–Crippen LogP) is 2.25. The summed E-state index contributed by atoms with van der Waals surface area (Å²) < 4.78 is 2.00. The van der Waals surface area contributed by atoms with Gasteiger partial charge in [-0.2, -0.15) is 0 Å². The molecule has 4 heteroatoms. The fourth-order valence-corrected chi connectivity index (χ4v) is 1.84. The number of aliphatic carboxylic acids is 1. The van der Waals surface area contributed by atoms with Crippen LogP contribution >= 0.6 is 0 Å². The van der Waals surface area contributed by atoms with E-state index in [1.807, 2.05) is 53.4 Å². The molecule has 1 aromatic heterocycles. The van der Waals surface area contributed by atoms with Gasteiger partial charge < -0.3 is 14.8 Å². The molecule has 0 fully saturated rings. The van der Waals surface area contributed by atoms with E-state index >= 15 is 0 Å². The molecule has 0 saturated carbocycles. The quantitative estimate of drug-likeness (QED) is 0.865. The number of benzene rings is 1. The van der Waals surface area contributed by atoms with Gasteiger partial charge in [-0.3, -0.25) is 0 Å². The zero-order chi connectivity index (χ0) is 13.9. The topological polar surface area (TPSA) is 62.5 Å². The molecule has 2 rings (SSSR count). The minimum absolute atomic E-state index is 0.200. The molecule has 1 heterocycles. The molecule has 1 aromatic carbocycles. The molecule has 19 heavy (non-hydrogen) atoms. The highest BCUT2D eigenvalue weighted by molar-refractivity contribution is 5.76. The molecule has 0 amide bonds. The smallest absolute Gasteiger partial charge is 0.335 e. The van der Waals surface area contributed by atoms with Gasteiger partial charge in [-0.1, -0.05) is 12.1 Å². The minimum Gasteiger partial charge on any atom is -0.479 e. The second-order valence-electron chi connectivity index (χ2n) is 4.84. The number of hydrogen-bond donors (Lipinski definition) is 2. The third kappa shape index (κ3) is 3.23. The van der Waals surface area contributed by atoms with Gasteiger partial charge in [0.05, 0.1) is 0 Å². The molecule has 0 saturated heterocycles. The van der Waals surface area contributed by atoms with Crippen LogP contribution in [0.5, 0.6) is 0 Å². The summed E-state index contributed by atoms with van der Waals surface area (Å²) in [5.74, 6) is -1.18. The Kier molecular flexibility index (Phi) is 3.71. The molecule has 0 radical (unpaired) electrons. The van der Waals surface area contributed by atoms with Crippen LogP contribution in [0.25, 0.3) is 5.69 Å². The summed E-state index contributed by atoms with van der Waals surface area (Å²) in [4.78, 5) is 10.8. The summed E-state index contributed by atoms with van der Waals surface area (Å²) >= 11 is 0. The van der Waals surface area contributed by atoms with Crippen molar-refractivity contribution in [1.82, 2.24) is 4.57 Å². The van der Waals surface area contributed by atoms with Crippen LogP contribution < -0.4 is 0 Å². The van der Waals surface area contributed by atoms with Crippen LogP contribution in [0, 0.1) is 0 Å². The lowest BCUT2D eigenvalue weighted by Gasteiger charge is -2.17. The van der Waals surface area contributed by atoms with E-state index in [1.54, 1.807) is 0 Å². The molecule has 0 aliphatic rings. The normalized spacial score (nSPS) is 14.0. The molecular formula is C15H17NO3. The molecule has 1 unspecified atom stereocenters. The van der Waals surface area contributed by atoms with Crippen molar-refractivity contribution in [3.8, 4) is 5.69 Å². The van der Waals surface area contributed by atoms with E-state index < -0.39 is 11.6 Å². The summed E-state index contributed by atoms with van der Waals surface area (Å²) in [7, 11) is 0. The Morgan fingerprint density at radius 1 is 1.21 bits per heavy atom. The minimum atomic E-state index is -1.67. The summed E-state index contributed by atoms with van der Waals surface area (Å²) in [5, 5.41) is 18.5. The lowest BCUT2D eigenvalue weighted by Crippen LogP contribution is -2.35. The summed E-state index contributed by atoms with van der Waals surface area (Å²) in [6.07, 6.45) is 4.66. The van der Waals surface area contributed by atoms with Gasteiger partial charge in [0.15, 0.2) is 5.60 Å². The largest absolute Gasteiger partial charge is 0.479 e. The van der Waals surface area contributed by atoms with E-state index in [9.17, 15) is 9.90 Å². The summed E-state index contributed by atoms with van der Waals surface area (Å²) in [6, 6.07) is 11.8. The third-order valence-electron chi connectivity index (χ3n) is 3.20. The Labute approximate surface area is 111 Å². The number of aromatic nitrogens is 1. The van der Waals surface area contributed by atoms with Crippen molar-refractivity contribution in [3.63, 3.8) is 0 Å². The Hall–Kier alpha value is -2.07. The second kappa shape index (κ2) is 5.28. The second-order valence-corrected chi connectivity index (χ2v) is 4.84. The molecule has 2 aromatic rings. The van der Waals surface area contributed by atoms with Crippen LogP contribution in [0.1, 0.15) is 18.9 Å². The molecular weight excluding hydrogens is 242 g/mol. The fraction of sp³-hybridized carbons (Fsp3) is 0.267. The van der Waals surface area contributed by atoms with Crippen molar-refractivity contribution >= 4 is 5.97 Å². The number of aliphatic hydroxyl groups is 1. The lowest BCUT2D eigenvalue weighted by atomic mass is 9.97. The van der Waals surface area contributed by atoms with Gasteiger partial charge in [0.1, 0.15) is 0 Å². The molecule has 100 valence electrons. The molecule has 0 spiro atoms. The van der Waals surface area contributed by atoms with Gasteiger partial charge in [0.25, 0.3) is 0 Å². The van der Waals surface area contributed by atoms with Gasteiger partial charge in [0.2, 0.25) is 0 Å². The fourth-order valence-electron chi connectivity index (χ4n) is 1.84. The summed E-state index contributed by atoms with van der Waals surface area (Å²) in [6.45, 7) is 1.32. The first kappa shape index (κ1) is 13.4. The Bertz CT molecular complexity index is 541. The van der Waals surface area contributed by atoms with Gasteiger partial charge in [-0.25, -0.2) is 4.79 Å². The van der Waals surface area contributed by atoms with Crippen molar-refractivity contribution < 1.29 is 15.0 Å². The molecule has 0 aliphatic heterocycles. The van der Waals surface area contributed by atoms with Crippen LogP contribution in [0.4, 0.5) is 0 Å². The first-order valence-corrected chi connectivity index (χ1v) is 6.17. The molecule has 2 N–H and O–H groups in total. The van der Waals surface area contributed by atoms with Crippen molar-refractivity contribution in [3.05, 3.63) is 54.4 Å². The maximum atomic E-state index is 10.8. The van der Waals surface area contributed by atoms with Crippen LogP contribution in [-0.4, -0.2) is 26.4 Å². The van der Waals surface area contributed by atoms with E-state index in [-0.39, 0.29) is 6.42 Å². The highest BCUT2D eigenvalue weighted by Gasteiger charge is 2.29. The van der Waals surface area contributed by atoms with Gasteiger partial charge in [0, 0.05) is 18.1 Å². The van der Waals surface area contributed by atoms with Gasteiger partial charge >= 0.3 is 5.97 Å². The van der Waals surface area contributed by atoms with E-state index in [0.717, 1.165) is 11.3 Å². The number of nitrogens with zero attached hydrogens (tertiary/aromatic N) is 1. The highest BCUT2D eigenvalue weighted by atomic mass is 16.4. The number of rotatable bonds is 5. The van der Waals surface area contributed by atoms with E-state index in [4.69, 9.17) is 5.11 Å². The first-order valence-electron chi connectivity index (χ1n) is 6.17. The predicted molar refractivity (Wildman–Crippen MR) is 72.3 cm³/mol.